The molecule has 0 bridgehead atoms. The first-order chi connectivity index (χ1) is 5.16. The van der Waals surface area contributed by atoms with Crippen LogP contribution >= 0.6 is 0 Å². The first-order valence-corrected chi connectivity index (χ1v) is 3.82. The second-order valence-corrected chi connectivity index (χ2v) is 3.02. The summed E-state index contributed by atoms with van der Waals surface area (Å²) in [7, 11) is 0. The van der Waals surface area contributed by atoms with E-state index in [4.69, 9.17) is 10.5 Å². The molecular weight excluding hydrogens is 142 g/mol. The van der Waals surface area contributed by atoms with Crippen molar-refractivity contribution in [3.63, 3.8) is 0 Å². The topological polar surface area (TPSA) is 59.6 Å². The minimum atomic E-state index is -0.0832. The van der Waals surface area contributed by atoms with Crippen LogP contribution in [0.25, 0.3) is 0 Å². The van der Waals surface area contributed by atoms with E-state index in [9.17, 15) is 0 Å². The van der Waals surface area contributed by atoms with Crippen molar-refractivity contribution in [2.45, 2.75) is 19.4 Å². The molecule has 0 aromatic heterocycles. The molecular formula is C7H15N3O. The fraction of sp³-hybridized carbons (Fsp3) is 0.857. The van der Waals surface area contributed by atoms with Gasteiger partial charge in [0.25, 0.3) is 0 Å². The molecule has 0 aromatic carbocycles. The van der Waals surface area contributed by atoms with Crippen LogP contribution in [0.5, 0.6) is 0 Å². The van der Waals surface area contributed by atoms with Gasteiger partial charge in [-0.15, -0.1) is 0 Å². The van der Waals surface area contributed by atoms with Crippen LogP contribution in [-0.2, 0) is 4.74 Å². The van der Waals surface area contributed by atoms with Gasteiger partial charge in [0.1, 0.15) is 0 Å². The van der Waals surface area contributed by atoms with Crippen LogP contribution in [0.4, 0.5) is 0 Å². The van der Waals surface area contributed by atoms with Crippen LogP contribution in [0.1, 0.15) is 13.8 Å². The van der Waals surface area contributed by atoms with Crippen molar-refractivity contribution in [2.24, 2.45) is 10.7 Å². The fourth-order valence-corrected chi connectivity index (χ4v) is 1.06. The van der Waals surface area contributed by atoms with E-state index in [1.54, 1.807) is 0 Å². The molecule has 1 heterocycles. The number of rotatable bonds is 3. The highest BCUT2D eigenvalue weighted by molar-refractivity contribution is 5.80. The average molecular weight is 157 g/mol. The molecule has 1 unspecified atom stereocenters. The minimum Gasteiger partial charge on any atom is -0.379 e. The maximum absolute atomic E-state index is 5.47. The molecule has 1 aliphatic rings. The molecule has 64 valence electrons. The Balaban J connectivity index is 2.33. The highest BCUT2D eigenvalue weighted by atomic mass is 16.5. The smallest absolute Gasteiger partial charge is 0.189 e. The Kier molecular flexibility index (Phi) is 2.34. The van der Waals surface area contributed by atoms with Crippen LogP contribution < -0.4 is 11.1 Å². The summed E-state index contributed by atoms with van der Waals surface area (Å²) in [6, 6.07) is 0. The van der Waals surface area contributed by atoms with Gasteiger partial charge in [0, 0.05) is 6.61 Å². The Morgan fingerprint density at radius 3 is 3.00 bits per heavy atom. The lowest BCUT2D eigenvalue weighted by molar-refractivity contribution is 0.0998. The monoisotopic (exact) mass is 157 g/mol. The third-order valence-corrected chi connectivity index (χ3v) is 1.65. The maximum Gasteiger partial charge on any atom is 0.189 e. The molecule has 11 heavy (non-hydrogen) atoms. The second-order valence-electron chi connectivity index (χ2n) is 3.02. The van der Waals surface area contributed by atoms with E-state index in [2.05, 4.69) is 10.3 Å². The molecule has 0 radical (unpaired) electrons. The molecule has 0 aliphatic carbocycles. The quantitative estimate of drug-likeness (QED) is 0.591. The third-order valence-electron chi connectivity index (χ3n) is 1.65. The lowest BCUT2D eigenvalue weighted by atomic mass is 10.1. The predicted molar refractivity (Wildman–Crippen MR) is 44.5 cm³/mol. The van der Waals surface area contributed by atoms with Gasteiger partial charge in [0.05, 0.1) is 18.7 Å². The van der Waals surface area contributed by atoms with Gasteiger partial charge in [-0.2, -0.15) is 0 Å². The molecule has 0 amide bonds. The predicted octanol–water partition coefficient (Wildman–Crippen LogP) is -0.300. The van der Waals surface area contributed by atoms with Crippen molar-refractivity contribution in [3.8, 4) is 0 Å². The van der Waals surface area contributed by atoms with Crippen molar-refractivity contribution in [2.75, 3.05) is 19.8 Å². The Morgan fingerprint density at radius 1 is 1.82 bits per heavy atom. The number of nitrogens with zero attached hydrogens (tertiary/aromatic N) is 1. The van der Waals surface area contributed by atoms with Crippen LogP contribution in [0.2, 0.25) is 0 Å². The Hall–Kier alpha value is -0.770. The largest absolute Gasteiger partial charge is 0.379 e. The van der Waals surface area contributed by atoms with Gasteiger partial charge in [-0.1, -0.05) is 0 Å². The van der Waals surface area contributed by atoms with Crippen LogP contribution in [0, 0.1) is 0 Å². The van der Waals surface area contributed by atoms with Gasteiger partial charge in [-0.05, 0) is 13.8 Å². The lowest BCUT2D eigenvalue weighted by Crippen LogP contribution is -2.48. The molecule has 4 heteroatoms. The van der Waals surface area contributed by atoms with Gasteiger partial charge in [0.2, 0.25) is 0 Å². The summed E-state index contributed by atoms with van der Waals surface area (Å²) in [4.78, 5) is 4.05. The molecule has 0 fully saturated rings. The summed E-state index contributed by atoms with van der Waals surface area (Å²) >= 11 is 0. The summed E-state index contributed by atoms with van der Waals surface area (Å²) in [6.45, 7) is 6.12. The van der Waals surface area contributed by atoms with Crippen molar-refractivity contribution in [1.29, 1.82) is 0 Å². The highest BCUT2D eigenvalue weighted by Crippen LogP contribution is 2.09. The Morgan fingerprint density at radius 2 is 2.55 bits per heavy atom. The van der Waals surface area contributed by atoms with Gasteiger partial charge >= 0.3 is 0 Å². The second kappa shape index (κ2) is 3.09. The molecule has 1 aliphatic heterocycles. The average Bonchev–Trinajstić information content (AvgIpc) is 2.28. The molecule has 1 rings (SSSR count). The summed E-state index contributed by atoms with van der Waals surface area (Å²) < 4.78 is 5.28. The van der Waals surface area contributed by atoms with E-state index in [1.165, 1.54) is 0 Å². The molecule has 1 atom stereocenters. The summed E-state index contributed by atoms with van der Waals surface area (Å²) in [5, 5.41) is 3.07. The first-order valence-electron chi connectivity index (χ1n) is 3.82. The number of guanidine groups is 1. The molecule has 3 N–H and O–H groups in total. The van der Waals surface area contributed by atoms with E-state index in [-0.39, 0.29) is 5.54 Å². The SMILES string of the molecule is CCOCC1(C)CN=C(N)N1. The normalized spacial score (nSPS) is 29.8. The molecule has 0 saturated carbocycles. The van der Waals surface area contributed by atoms with Crippen molar-refractivity contribution < 1.29 is 4.74 Å². The molecule has 0 spiro atoms. The molecule has 4 nitrogen and oxygen atoms in total. The zero-order chi connectivity index (χ0) is 8.32. The van der Waals surface area contributed by atoms with Crippen molar-refractivity contribution in [1.82, 2.24) is 5.32 Å². The highest BCUT2D eigenvalue weighted by Gasteiger charge is 2.29. The lowest BCUT2D eigenvalue weighted by Gasteiger charge is -2.23. The van der Waals surface area contributed by atoms with Gasteiger partial charge in [-0.25, -0.2) is 0 Å². The Bertz CT molecular complexity index is 169. The first kappa shape index (κ1) is 8.33. The number of hydrogen-bond donors (Lipinski definition) is 2. The number of hydrogen-bond acceptors (Lipinski definition) is 4. The van der Waals surface area contributed by atoms with E-state index < -0.39 is 0 Å². The number of nitrogens with one attached hydrogen (secondary N) is 1. The van der Waals surface area contributed by atoms with Gasteiger partial charge in [0.15, 0.2) is 5.96 Å². The Labute approximate surface area is 66.8 Å². The zero-order valence-corrected chi connectivity index (χ0v) is 7.05. The number of ether oxygens (including phenoxy) is 1. The zero-order valence-electron chi connectivity index (χ0n) is 7.05. The number of aliphatic imine (C=N–C) groups is 1. The van der Waals surface area contributed by atoms with Crippen LogP contribution in [0.3, 0.4) is 0 Å². The van der Waals surface area contributed by atoms with E-state index >= 15 is 0 Å². The van der Waals surface area contributed by atoms with Crippen LogP contribution in [-0.4, -0.2) is 31.3 Å². The molecule has 0 aromatic rings. The summed E-state index contributed by atoms with van der Waals surface area (Å²) in [6.07, 6.45) is 0. The van der Waals surface area contributed by atoms with E-state index in [1.807, 2.05) is 13.8 Å². The van der Waals surface area contributed by atoms with Gasteiger partial charge in [-0.3, -0.25) is 4.99 Å². The standard InChI is InChI=1S/C7H15N3O/c1-3-11-5-7(2)4-9-6(8)10-7/h3-5H2,1-2H3,(H3,8,9,10). The van der Waals surface area contributed by atoms with E-state index in [0.29, 0.717) is 19.1 Å². The molecule has 0 saturated heterocycles. The summed E-state index contributed by atoms with van der Waals surface area (Å²) in [5.74, 6) is 0.521. The fourth-order valence-electron chi connectivity index (χ4n) is 1.06. The van der Waals surface area contributed by atoms with Crippen molar-refractivity contribution >= 4 is 5.96 Å². The minimum absolute atomic E-state index is 0.0832. The summed E-state index contributed by atoms with van der Waals surface area (Å²) in [5.41, 5.74) is 5.38. The van der Waals surface area contributed by atoms with Crippen LogP contribution in [0.15, 0.2) is 4.99 Å². The number of nitrogens with two attached hydrogens (primary N) is 1. The van der Waals surface area contributed by atoms with Crippen molar-refractivity contribution in [3.05, 3.63) is 0 Å². The van der Waals surface area contributed by atoms with Gasteiger partial charge < -0.3 is 15.8 Å². The van der Waals surface area contributed by atoms with E-state index in [0.717, 1.165) is 6.61 Å². The third kappa shape index (κ3) is 2.08. The maximum atomic E-state index is 5.47.